The molecule has 0 fully saturated rings. The number of nitriles is 1. The molecule has 0 aliphatic carbocycles. The Labute approximate surface area is 214 Å². The van der Waals surface area contributed by atoms with Gasteiger partial charge in [0.15, 0.2) is 0 Å². The van der Waals surface area contributed by atoms with Crippen molar-refractivity contribution in [2.24, 2.45) is 0 Å². The molecule has 3 heterocycles. The van der Waals surface area contributed by atoms with Gasteiger partial charge in [-0.3, -0.25) is 4.79 Å². The van der Waals surface area contributed by atoms with Crippen molar-refractivity contribution in [3.63, 3.8) is 0 Å². The Morgan fingerprint density at radius 2 is 2.22 bits per heavy atom. The molecule has 1 aliphatic heterocycles. The van der Waals surface area contributed by atoms with Gasteiger partial charge in [-0.2, -0.15) is 5.26 Å². The highest BCUT2D eigenvalue weighted by Crippen LogP contribution is 2.37. The smallest absolute Gasteiger partial charge is 0.410 e. The Kier molecular flexibility index (Phi) is 8.23. The van der Waals surface area contributed by atoms with Crippen molar-refractivity contribution in [1.29, 1.82) is 5.26 Å². The van der Waals surface area contributed by atoms with Gasteiger partial charge in [0.05, 0.1) is 31.6 Å². The molecule has 0 spiro atoms. The zero-order chi connectivity index (χ0) is 25.5. The monoisotopic (exact) mass is 507 g/mol. The van der Waals surface area contributed by atoms with Crippen molar-refractivity contribution in [1.82, 2.24) is 14.5 Å². The number of thiophene rings is 1. The number of rotatable bonds is 9. The van der Waals surface area contributed by atoms with Crippen LogP contribution in [0.5, 0.6) is 5.75 Å². The van der Waals surface area contributed by atoms with Gasteiger partial charge in [0.2, 0.25) is 5.91 Å². The van der Waals surface area contributed by atoms with Gasteiger partial charge in [0.25, 0.3) is 0 Å². The Bertz CT molecular complexity index is 1250. The first kappa shape index (κ1) is 25.3. The van der Waals surface area contributed by atoms with Gasteiger partial charge in [-0.15, -0.1) is 11.3 Å². The summed E-state index contributed by atoms with van der Waals surface area (Å²) >= 11 is 1.35. The molecule has 1 aliphatic rings. The molecule has 3 aromatic rings. The van der Waals surface area contributed by atoms with Crippen LogP contribution >= 0.6 is 11.3 Å². The van der Waals surface area contributed by atoms with Crippen molar-refractivity contribution in [2.45, 2.75) is 45.7 Å². The third kappa shape index (κ3) is 6.04. The van der Waals surface area contributed by atoms with Crippen LogP contribution in [0.25, 0.3) is 0 Å². The summed E-state index contributed by atoms with van der Waals surface area (Å²) in [6.45, 7) is 6.11. The minimum absolute atomic E-state index is 0.0156. The molecule has 188 valence electrons. The van der Waals surface area contributed by atoms with Gasteiger partial charge in [-0.05, 0) is 42.5 Å². The van der Waals surface area contributed by atoms with Crippen LogP contribution in [0.2, 0.25) is 0 Å². The van der Waals surface area contributed by atoms with Crippen molar-refractivity contribution >= 4 is 28.3 Å². The van der Waals surface area contributed by atoms with Gasteiger partial charge in [0.1, 0.15) is 23.4 Å². The van der Waals surface area contributed by atoms with Crippen LogP contribution in [0.4, 0.5) is 9.80 Å². The van der Waals surface area contributed by atoms with E-state index in [-0.39, 0.29) is 30.9 Å². The Morgan fingerprint density at radius 1 is 1.36 bits per heavy atom. The topological polar surface area (TPSA) is 109 Å². The summed E-state index contributed by atoms with van der Waals surface area (Å²) in [6.07, 6.45) is 5.59. The minimum atomic E-state index is -0.388. The van der Waals surface area contributed by atoms with E-state index >= 15 is 0 Å². The SMILES string of the molecule is CCOc1cccc([C@@H](C)CC(=O)Nc2sc3c(c2C#N)CCN(C(=O)OCCn2ccnc2)C3)c1. The number of hydrogen-bond donors (Lipinski definition) is 1. The fourth-order valence-corrected chi connectivity index (χ4v) is 5.40. The molecule has 2 amide bonds. The molecule has 2 aromatic heterocycles. The highest BCUT2D eigenvalue weighted by atomic mass is 32.1. The lowest BCUT2D eigenvalue weighted by Gasteiger charge is -2.26. The maximum absolute atomic E-state index is 12.8. The van der Waals surface area contributed by atoms with E-state index in [1.165, 1.54) is 11.3 Å². The lowest BCUT2D eigenvalue weighted by molar-refractivity contribution is -0.116. The van der Waals surface area contributed by atoms with Gasteiger partial charge in [-0.1, -0.05) is 19.1 Å². The van der Waals surface area contributed by atoms with Crippen LogP contribution in [-0.4, -0.2) is 46.2 Å². The quantitative estimate of drug-likeness (QED) is 0.455. The summed E-state index contributed by atoms with van der Waals surface area (Å²) in [7, 11) is 0. The van der Waals surface area contributed by atoms with E-state index in [9.17, 15) is 14.9 Å². The van der Waals surface area contributed by atoms with Crippen molar-refractivity contribution in [3.05, 3.63) is 64.6 Å². The van der Waals surface area contributed by atoms with Crippen LogP contribution < -0.4 is 10.1 Å². The summed E-state index contributed by atoms with van der Waals surface area (Å²) in [5, 5.41) is 13.3. The van der Waals surface area contributed by atoms with E-state index in [0.29, 0.717) is 43.2 Å². The molecule has 36 heavy (non-hydrogen) atoms. The van der Waals surface area contributed by atoms with E-state index in [2.05, 4.69) is 16.4 Å². The molecule has 10 heteroatoms. The van der Waals surface area contributed by atoms with Gasteiger partial charge < -0.3 is 24.3 Å². The van der Waals surface area contributed by atoms with Crippen LogP contribution in [0, 0.1) is 11.3 Å². The number of imidazole rings is 1. The maximum Gasteiger partial charge on any atom is 0.410 e. The highest BCUT2D eigenvalue weighted by Gasteiger charge is 2.28. The normalized spacial score (nSPS) is 13.4. The molecule has 1 aromatic carbocycles. The number of hydrogen-bond acceptors (Lipinski definition) is 7. The minimum Gasteiger partial charge on any atom is -0.494 e. The van der Waals surface area contributed by atoms with Crippen molar-refractivity contribution in [2.75, 3.05) is 25.1 Å². The molecule has 1 atom stereocenters. The van der Waals surface area contributed by atoms with Crippen molar-refractivity contribution in [3.8, 4) is 11.8 Å². The van der Waals surface area contributed by atoms with Crippen LogP contribution in [0.3, 0.4) is 0 Å². The van der Waals surface area contributed by atoms with Crippen LogP contribution in [-0.2, 0) is 29.0 Å². The standard InChI is InChI=1S/C26H29N5O4S/c1-3-34-20-6-4-5-19(14-20)18(2)13-24(32)29-25-22(15-27)21-7-9-31(16-23(21)36-25)26(33)35-12-11-30-10-8-28-17-30/h4-6,8,10,14,17-18H,3,7,9,11-13,16H2,1-2H3,(H,29,32)/t18-/m0/s1. The lowest BCUT2D eigenvalue weighted by Crippen LogP contribution is -2.36. The molecular weight excluding hydrogens is 478 g/mol. The molecular formula is C26H29N5O4S. The number of aromatic nitrogens is 2. The van der Waals surface area contributed by atoms with Gasteiger partial charge >= 0.3 is 6.09 Å². The Morgan fingerprint density at radius 3 is 2.97 bits per heavy atom. The number of carbonyl (C=O) groups is 2. The summed E-state index contributed by atoms with van der Waals surface area (Å²) in [6, 6.07) is 10.00. The first-order valence-corrected chi connectivity index (χ1v) is 12.7. The second kappa shape index (κ2) is 11.7. The molecule has 0 bridgehead atoms. The lowest BCUT2D eigenvalue weighted by atomic mass is 9.97. The van der Waals surface area contributed by atoms with E-state index in [4.69, 9.17) is 9.47 Å². The number of benzene rings is 1. The number of ether oxygens (including phenoxy) is 2. The number of carbonyl (C=O) groups excluding carboxylic acids is 2. The predicted octanol–water partition coefficient (Wildman–Crippen LogP) is 4.54. The summed E-state index contributed by atoms with van der Waals surface area (Å²) < 4.78 is 12.8. The second-order valence-corrected chi connectivity index (χ2v) is 9.67. The number of nitrogens with one attached hydrogen (secondary N) is 1. The van der Waals surface area contributed by atoms with Crippen LogP contribution in [0.1, 0.15) is 47.8 Å². The maximum atomic E-state index is 12.8. The average molecular weight is 508 g/mol. The molecule has 1 N–H and O–H groups in total. The summed E-state index contributed by atoms with van der Waals surface area (Å²) in [5.74, 6) is 0.609. The molecule has 0 saturated heterocycles. The third-order valence-corrected chi connectivity index (χ3v) is 7.18. The molecule has 0 radical (unpaired) electrons. The molecule has 0 unspecified atom stereocenters. The number of amides is 2. The molecule has 4 rings (SSSR count). The fraction of sp³-hybridized carbons (Fsp3) is 0.385. The average Bonchev–Trinajstić information content (AvgIpc) is 3.51. The number of fused-ring (bicyclic) bond motifs is 1. The predicted molar refractivity (Wildman–Crippen MR) is 136 cm³/mol. The van der Waals surface area contributed by atoms with Gasteiger partial charge in [0, 0.05) is 30.2 Å². The molecule has 0 saturated carbocycles. The largest absolute Gasteiger partial charge is 0.494 e. The zero-order valence-corrected chi connectivity index (χ0v) is 21.2. The number of nitrogens with zero attached hydrogens (tertiary/aromatic N) is 4. The summed E-state index contributed by atoms with van der Waals surface area (Å²) in [5.41, 5.74) is 2.41. The van der Waals surface area contributed by atoms with E-state index < -0.39 is 0 Å². The highest BCUT2D eigenvalue weighted by molar-refractivity contribution is 7.16. The zero-order valence-electron chi connectivity index (χ0n) is 20.4. The van der Waals surface area contributed by atoms with E-state index in [0.717, 1.165) is 21.8 Å². The van der Waals surface area contributed by atoms with Crippen molar-refractivity contribution < 1.29 is 19.1 Å². The first-order valence-electron chi connectivity index (χ1n) is 11.9. The summed E-state index contributed by atoms with van der Waals surface area (Å²) in [4.78, 5) is 31.9. The molecule has 9 nitrogen and oxygen atoms in total. The van der Waals surface area contributed by atoms with Gasteiger partial charge in [-0.25, -0.2) is 9.78 Å². The first-order chi connectivity index (χ1) is 17.5. The number of anilines is 1. The fourth-order valence-electron chi connectivity index (χ4n) is 4.17. The Balaban J connectivity index is 1.35. The van der Waals surface area contributed by atoms with Crippen LogP contribution in [0.15, 0.2) is 43.0 Å². The third-order valence-electron chi connectivity index (χ3n) is 6.04. The van der Waals surface area contributed by atoms with E-state index in [1.54, 1.807) is 17.4 Å². The Hall–Kier alpha value is -3.84. The van der Waals surface area contributed by atoms with E-state index in [1.807, 2.05) is 48.9 Å². The second-order valence-electron chi connectivity index (χ2n) is 8.57.